The minimum Gasteiger partial charge on any atom is -0.462 e. The van der Waals surface area contributed by atoms with Crippen molar-refractivity contribution in [3.8, 4) is 0 Å². The Bertz CT molecular complexity index is 1970. The molecule has 0 aliphatic heterocycles. The molecule has 0 amide bonds. The molecule has 96 heavy (non-hydrogen) atoms. The fourth-order valence-electron chi connectivity index (χ4n) is 11.2. The first-order valence-corrected chi connectivity index (χ1v) is 42.2. The minimum absolute atomic E-state index is 0.0838. The Balaban J connectivity index is 5.22. The third-order valence-electron chi connectivity index (χ3n) is 18.0. The van der Waals surface area contributed by atoms with Crippen molar-refractivity contribution in [2.75, 3.05) is 39.6 Å². The number of phosphoric ester groups is 2. The van der Waals surface area contributed by atoms with Gasteiger partial charge in [-0.3, -0.25) is 37.3 Å². The highest BCUT2D eigenvalue weighted by Crippen LogP contribution is 2.45. The van der Waals surface area contributed by atoms with E-state index in [1.165, 1.54) is 154 Å². The number of aliphatic hydroxyl groups excluding tert-OH is 1. The van der Waals surface area contributed by atoms with Crippen LogP contribution in [-0.4, -0.2) is 96.7 Å². The first kappa shape index (κ1) is 93.5. The summed E-state index contributed by atoms with van der Waals surface area (Å²) in [4.78, 5) is 72.7. The normalized spacial score (nSPS) is 14.8. The van der Waals surface area contributed by atoms with Gasteiger partial charge in [-0.2, -0.15) is 0 Å². The Labute approximate surface area is 586 Å². The summed E-state index contributed by atoms with van der Waals surface area (Å²) in [6.07, 6.45) is 56.5. The van der Waals surface area contributed by atoms with E-state index in [2.05, 4.69) is 72.8 Å². The van der Waals surface area contributed by atoms with Crippen LogP contribution in [0.4, 0.5) is 0 Å². The van der Waals surface area contributed by atoms with E-state index in [4.69, 9.17) is 37.0 Å². The van der Waals surface area contributed by atoms with Gasteiger partial charge in [-0.15, -0.1) is 0 Å². The SMILES string of the molecule is CCCCCC/C=C\C=C/CCCCCCCC(=O)O[C@H](COC(=O)CCCCCCCCC(C)CC)COP(=O)(O)OC[C@@H](O)COP(=O)(O)OC[C@@H](COC(=O)CCCCCCCCC(C)CC)OC(=O)CCCCCCCCCCCCCCCCCCCCC(C)C. The molecule has 0 aromatic carbocycles. The molecule has 0 spiro atoms. The van der Waals surface area contributed by atoms with E-state index in [1.54, 1.807) is 0 Å². The standard InChI is InChI=1S/C77H146O17P2/c1-8-11-12-13-14-15-16-17-22-26-29-32-35-46-53-60-76(81)93-72(64-87-74(79)58-51-44-39-37-42-49-56-69(6)9-2)66-91-95(83,84)89-62-71(78)63-90-96(85,86)92-67-73(65-88-75(80)59-52-45-40-38-43-50-57-70(7)10-3)94-77(82)61-54-47-36-33-30-27-24-21-19-18-20-23-25-28-31-34-41-48-55-68(4)5/h15-17,22,68-73,78H,8-14,18-21,23-67H2,1-7H3,(H,83,84)(H,85,86)/b16-15-,22-17-/t69?,70?,71-,72-,73-/m1/s1. The van der Waals surface area contributed by atoms with E-state index in [0.717, 1.165) is 133 Å². The van der Waals surface area contributed by atoms with Gasteiger partial charge in [-0.1, -0.05) is 317 Å². The van der Waals surface area contributed by atoms with Crippen molar-refractivity contribution in [1.82, 2.24) is 0 Å². The van der Waals surface area contributed by atoms with Crippen molar-refractivity contribution >= 4 is 39.5 Å². The van der Waals surface area contributed by atoms with Gasteiger partial charge in [-0.05, 0) is 69.1 Å². The summed E-state index contributed by atoms with van der Waals surface area (Å²) in [6, 6.07) is 0. The molecule has 0 fully saturated rings. The molecule has 0 saturated heterocycles. The lowest BCUT2D eigenvalue weighted by molar-refractivity contribution is -0.161. The fraction of sp³-hybridized carbons (Fsp3) is 0.896. The monoisotopic (exact) mass is 1410 g/mol. The van der Waals surface area contributed by atoms with Crippen molar-refractivity contribution in [3.05, 3.63) is 24.3 Å². The van der Waals surface area contributed by atoms with Gasteiger partial charge >= 0.3 is 39.5 Å². The number of carbonyl (C=O) groups is 4. The van der Waals surface area contributed by atoms with E-state index in [-0.39, 0.29) is 25.7 Å². The lowest BCUT2D eigenvalue weighted by atomic mass is 10.00. The maximum Gasteiger partial charge on any atom is 0.472 e. The van der Waals surface area contributed by atoms with Gasteiger partial charge in [0.25, 0.3) is 0 Å². The van der Waals surface area contributed by atoms with E-state index in [9.17, 15) is 43.2 Å². The predicted molar refractivity (Wildman–Crippen MR) is 390 cm³/mol. The van der Waals surface area contributed by atoms with E-state index < -0.39 is 97.5 Å². The number of hydrogen-bond acceptors (Lipinski definition) is 15. The zero-order valence-corrected chi connectivity index (χ0v) is 64.1. The van der Waals surface area contributed by atoms with Crippen molar-refractivity contribution in [3.63, 3.8) is 0 Å². The first-order valence-electron chi connectivity index (χ1n) is 39.2. The number of rotatable bonds is 73. The Kier molecular flexibility index (Phi) is 65.3. The van der Waals surface area contributed by atoms with Crippen LogP contribution in [0.2, 0.25) is 0 Å². The van der Waals surface area contributed by atoms with E-state index in [1.807, 2.05) is 0 Å². The topological polar surface area (TPSA) is 237 Å². The van der Waals surface area contributed by atoms with E-state index >= 15 is 0 Å². The van der Waals surface area contributed by atoms with Crippen molar-refractivity contribution < 1.29 is 80.2 Å². The Morgan fingerprint density at radius 3 is 0.927 bits per heavy atom. The molecule has 0 saturated carbocycles. The van der Waals surface area contributed by atoms with Crippen LogP contribution in [0.15, 0.2) is 24.3 Å². The van der Waals surface area contributed by atoms with Gasteiger partial charge in [0.1, 0.15) is 19.3 Å². The quantitative estimate of drug-likeness (QED) is 0.0169. The van der Waals surface area contributed by atoms with Crippen LogP contribution in [0.3, 0.4) is 0 Å². The summed E-state index contributed by atoms with van der Waals surface area (Å²) in [5, 5.41) is 10.6. The van der Waals surface area contributed by atoms with Crippen LogP contribution in [0.1, 0.15) is 370 Å². The number of ether oxygens (including phenoxy) is 4. The van der Waals surface area contributed by atoms with Crippen molar-refractivity contribution in [1.29, 1.82) is 0 Å². The third kappa shape index (κ3) is 67.4. The molecule has 0 bridgehead atoms. The number of carbonyl (C=O) groups excluding carboxylic acids is 4. The second-order valence-electron chi connectivity index (χ2n) is 28.0. The zero-order chi connectivity index (χ0) is 70.9. The largest absolute Gasteiger partial charge is 0.472 e. The van der Waals surface area contributed by atoms with Crippen LogP contribution in [-0.2, 0) is 65.4 Å². The number of aliphatic hydroxyl groups is 1. The number of esters is 4. The summed E-state index contributed by atoms with van der Waals surface area (Å²) in [5.74, 6) is 0.124. The van der Waals surface area contributed by atoms with Gasteiger partial charge in [0.05, 0.1) is 26.4 Å². The molecule has 566 valence electrons. The van der Waals surface area contributed by atoms with Crippen LogP contribution < -0.4 is 0 Å². The number of allylic oxidation sites excluding steroid dienone is 4. The predicted octanol–water partition coefficient (Wildman–Crippen LogP) is 22.1. The van der Waals surface area contributed by atoms with E-state index in [0.29, 0.717) is 25.7 Å². The molecule has 7 atom stereocenters. The van der Waals surface area contributed by atoms with Gasteiger partial charge in [0.2, 0.25) is 0 Å². The maximum atomic E-state index is 13.1. The molecule has 3 N–H and O–H groups in total. The smallest absolute Gasteiger partial charge is 0.462 e. The van der Waals surface area contributed by atoms with Crippen molar-refractivity contribution in [2.45, 2.75) is 388 Å². The highest BCUT2D eigenvalue weighted by Gasteiger charge is 2.30. The molecular formula is C77H146O17P2. The highest BCUT2D eigenvalue weighted by atomic mass is 31.2. The second-order valence-corrected chi connectivity index (χ2v) is 30.9. The van der Waals surface area contributed by atoms with Gasteiger partial charge in [-0.25, -0.2) is 9.13 Å². The molecule has 0 heterocycles. The molecule has 0 radical (unpaired) electrons. The molecule has 0 aliphatic rings. The second kappa shape index (κ2) is 67.1. The van der Waals surface area contributed by atoms with Crippen LogP contribution in [0, 0.1) is 17.8 Å². The molecule has 0 aromatic rings. The first-order chi connectivity index (χ1) is 46.3. The van der Waals surface area contributed by atoms with Gasteiger partial charge < -0.3 is 33.8 Å². The minimum atomic E-state index is -4.96. The number of unbranched alkanes of at least 4 members (excludes halogenated alkanes) is 36. The number of phosphoric acid groups is 2. The van der Waals surface area contributed by atoms with Crippen molar-refractivity contribution in [2.24, 2.45) is 17.8 Å². The number of hydrogen-bond donors (Lipinski definition) is 3. The average molecular weight is 1410 g/mol. The third-order valence-corrected chi connectivity index (χ3v) is 19.9. The zero-order valence-electron chi connectivity index (χ0n) is 62.3. The summed E-state index contributed by atoms with van der Waals surface area (Å²) in [5.41, 5.74) is 0. The lowest BCUT2D eigenvalue weighted by Gasteiger charge is -2.21. The van der Waals surface area contributed by atoms with Crippen LogP contribution in [0.5, 0.6) is 0 Å². The summed E-state index contributed by atoms with van der Waals surface area (Å²) in [6.45, 7) is 11.8. The maximum absolute atomic E-state index is 13.1. The lowest BCUT2D eigenvalue weighted by Crippen LogP contribution is -2.30. The Morgan fingerprint density at radius 1 is 0.344 bits per heavy atom. The van der Waals surface area contributed by atoms with Crippen LogP contribution in [0.25, 0.3) is 0 Å². The highest BCUT2D eigenvalue weighted by molar-refractivity contribution is 7.47. The van der Waals surface area contributed by atoms with Gasteiger partial charge in [0.15, 0.2) is 12.2 Å². The molecule has 0 aromatic heterocycles. The summed E-state index contributed by atoms with van der Waals surface area (Å²) in [7, 11) is -9.93. The molecule has 0 rings (SSSR count). The molecular weight excluding hydrogens is 1260 g/mol. The summed E-state index contributed by atoms with van der Waals surface area (Å²) >= 11 is 0. The molecule has 19 heteroatoms. The Morgan fingerprint density at radius 2 is 0.615 bits per heavy atom. The Hall–Kier alpha value is -2.46. The fourth-order valence-corrected chi connectivity index (χ4v) is 12.8. The van der Waals surface area contributed by atoms with Gasteiger partial charge in [0, 0.05) is 25.7 Å². The van der Waals surface area contributed by atoms with Crippen LogP contribution >= 0.6 is 15.6 Å². The average Bonchev–Trinajstić information content (AvgIpc) is 2.41. The molecule has 4 unspecified atom stereocenters. The molecule has 17 nitrogen and oxygen atoms in total. The summed E-state index contributed by atoms with van der Waals surface area (Å²) < 4.78 is 68.4. The molecule has 0 aliphatic carbocycles.